The van der Waals surface area contributed by atoms with Gasteiger partial charge in [-0.05, 0) is 47.0 Å². The smallest absolute Gasteiger partial charge is 0.229 e. The zero-order valence-electron chi connectivity index (χ0n) is 14.9. The Morgan fingerprint density at radius 3 is 2.93 bits per heavy atom. The molecule has 5 rings (SSSR count). The van der Waals surface area contributed by atoms with Gasteiger partial charge in [0, 0.05) is 39.6 Å². The van der Waals surface area contributed by atoms with Crippen molar-refractivity contribution in [1.29, 1.82) is 0 Å². The van der Waals surface area contributed by atoms with Gasteiger partial charge in [-0.3, -0.25) is 9.78 Å². The van der Waals surface area contributed by atoms with Crippen molar-refractivity contribution in [3.63, 3.8) is 0 Å². The topological polar surface area (TPSA) is 46.1 Å². The molecule has 0 N–H and O–H groups in total. The number of carbonyl (C=O) groups is 1. The molecule has 1 unspecified atom stereocenters. The van der Waals surface area contributed by atoms with Gasteiger partial charge in [0.2, 0.25) is 5.91 Å². The molecule has 1 atom stereocenters. The molecule has 4 nitrogen and oxygen atoms in total. The molecule has 0 saturated heterocycles. The largest absolute Gasteiger partial charge is 0.330 e. The van der Waals surface area contributed by atoms with Crippen molar-refractivity contribution in [2.24, 2.45) is 0 Å². The highest BCUT2D eigenvalue weighted by Gasteiger charge is 2.33. The molecule has 1 amide bonds. The minimum Gasteiger partial charge on any atom is -0.330 e. The maximum Gasteiger partial charge on any atom is 0.229 e. The predicted octanol–water partition coefficient (Wildman–Crippen LogP) is 5.04. The third kappa shape index (κ3) is 3.30. The number of carbonyl (C=O) groups excluding carboxylic acids is 1. The Morgan fingerprint density at radius 1 is 1.14 bits per heavy atom. The lowest BCUT2D eigenvalue weighted by atomic mass is 9.98. The first kappa shape index (κ1) is 17.7. The molecule has 5 heterocycles. The Labute approximate surface area is 175 Å². The summed E-state index contributed by atoms with van der Waals surface area (Å²) in [5, 5.41) is 7.11. The minimum absolute atomic E-state index is 0.0268. The monoisotopic (exact) mass is 423 g/mol. The Kier molecular flexibility index (Phi) is 4.80. The van der Waals surface area contributed by atoms with Crippen LogP contribution in [0.15, 0.2) is 58.9 Å². The van der Waals surface area contributed by atoms with Gasteiger partial charge in [0.25, 0.3) is 0 Å². The van der Waals surface area contributed by atoms with Crippen molar-refractivity contribution in [3.8, 4) is 10.6 Å². The van der Waals surface area contributed by atoms with Crippen LogP contribution in [0.3, 0.4) is 0 Å². The molecule has 140 valence electrons. The fourth-order valence-electron chi connectivity index (χ4n) is 3.61. The summed E-state index contributed by atoms with van der Waals surface area (Å²) in [6.45, 7) is 0.758. The summed E-state index contributed by atoms with van der Waals surface area (Å²) in [6, 6.07) is 10.3. The van der Waals surface area contributed by atoms with Crippen LogP contribution in [0.2, 0.25) is 0 Å². The summed E-state index contributed by atoms with van der Waals surface area (Å²) < 4.78 is 0. The van der Waals surface area contributed by atoms with Crippen LogP contribution in [0.4, 0.5) is 0 Å². The standard InChI is InChI=1S/C21H17N3OS3/c25-19(11-15-13-28-21(23-15)14-3-1-7-22-12-14)24-8-5-17-16(6-10-27-17)20(24)18-4-2-9-26-18/h1-4,6-7,9-10,12-13,20H,5,8,11H2. The Balaban J connectivity index is 1.40. The number of thiazole rings is 1. The molecule has 0 aromatic carbocycles. The Bertz CT molecular complexity index is 1090. The summed E-state index contributed by atoms with van der Waals surface area (Å²) in [5.74, 6) is 0.137. The van der Waals surface area contributed by atoms with E-state index in [9.17, 15) is 4.79 Å². The van der Waals surface area contributed by atoms with Gasteiger partial charge in [-0.1, -0.05) is 6.07 Å². The van der Waals surface area contributed by atoms with Gasteiger partial charge in [0.1, 0.15) is 5.01 Å². The lowest BCUT2D eigenvalue weighted by Crippen LogP contribution is -2.40. The lowest BCUT2D eigenvalue weighted by molar-refractivity contribution is -0.132. The molecule has 0 bridgehead atoms. The van der Waals surface area contributed by atoms with E-state index in [0.29, 0.717) is 6.42 Å². The average molecular weight is 424 g/mol. The van der Waals surface area contributed by atoms with Gasteiger partial charge in [-0.2, -0.15) is 0 Å². The summed E-state index contributed by atoms with van der Waals surface area (Å²) in [4.78, 5) is 26.7. The van der Waals surface area contributed by atoms with Gasteiger partial charge in [0.15, 0.2) is 0 Å². The molecule has 1 aliphatic rings. The van der Waals surface area contributed by atoms with Crippen LogP contribution in [-0.2, 0) is 17.6 Å². The molecule has 4 aromatic rings. The van der Waals surface area contributed by atoms with Crippen LogP contribution >= 0.6 is 34.0 Å². The molecular formula is C21H17N3OS3. The molecule has 4 aromatic heterocycles. The van der Waals surface area contributed by atoms with Gasteiger partial charge in [-0.25, -0.2) is 4.98 Å². The molecule has 1 aliphatic heterocycles. The van der Waals surface area contributed by atoms with Gasteiger partial charge >= 0.3 is 0 Å². The number of pyridine rings is 1. The summed E-state index contributed by atoms with van der Waals surface area (Å²) >= 11 is 5.07. The molecule has 0 radical (unpaired) electrons. The number of nitrogens with zero attached hydrogens (tertiary/aromatic N) is 3. The average Bonchev–Trinajstić information content (AvgIpc) is 3.49. The van der Waals surface area contributed by atoms with E-state index in [1.807, 2.05) is 22.4 Å². The second kappa shape index (κ2) is 7.58. The van der Waals surface area contributed by atoms with Crippen LogP contribution in [-0.4, -0.2) is 27.3 Å². The van der Waals surface area contributed by atoms with E-state index in [-0.39, 0.29) is 11.9 Å². The summed E-state index contributed by atoms with van der Waals surface area (Å²) in [5.41, 5.74) is 3.10. The first-order valence-corrected chi connectivity index (χ1v) is 11.7. The molecule has 0 aliphatic carbocycles. The maximum absolute atomic E-state index is 13.2. The van der Waals surface area contributed by atoms with E-state index < -0.39 is 0 Å². The number of fused-ring (bicyclic) bond motifs is 1. The van der Waals surface area contributed by atoms with E-state index in [4.69, 9.17) is 0 Å². The number of rotatable bonds is 4. The number of thiophene rings is 2. The number of hydrogen-bond acceptors (Lipinski definition) is 6. The fraction of sp³-hybridized carbons (Fsp3) is 0.190. The lowest BCUT2D eigenvalue weighted by Gasteiger charge is -2.35. The molecule has 28 heavy (non-hydrogen) atoms. The molecular weight excluding hydrogens is 406 g/mol. The minimum atomic E-state index is 0.0268. The highest BCUT2D eigenvalue weighted by atomic mass is 32.1. The van der Waals surface area contributed by atoms with E-state index in [1.165, 1.54) is 15.3 Å². The van der Waals surface area contributed by atoms with Gasteiger partial charge < -0.3 is 4.90 Å². The van der Waals surface area contributed by atoms with Crippen molar-refractivity contribution in [1.82, 2.24) is 14.9 Å². The van der Waals surface area contributed by atoms with Crippen LogP contribution in [0.1, 0.15) is 27.1 Å². The van der Waals surface area contributed by atoms with Gasteiger partial charge in [-0.15, -0.1) is 34.0 Å². The maximum atomic E-state index is 13.2. The quantitative estimate of drug-likeness (QED) is 0.462. The third-order valence-corrected chi connectivity index (χ3v) is 7.75. The number of hydrogen-bond donors (Lipinski definition) is 0. The Hall–Kier alpha value is -2.35. The third-order valence-electron chi connectivity index (χ3n) is 4.89. The van der Waals surface area contributed by atoms with Crippen LogP contribution in [0, 0.1) is 0 Å². The van der Waals surface area contributed by atoms with Crippen molar-refractivity contribution >= 4 is 39.9 Å². The highest BCUT2D eigenvalue weighted by molar-refractivity contribution is 7.13. The fourth-order valence-corrected chi connectivity index (χ4v) is 6.17. The van der Waals surface area contributed by atoms with Crippen molar-refractivity contribution < 1.29 is 4.79 Å². The molecule has 0 spiro atoms. The van der Waals surface area contributed by atoms with Gasteiger partial charge in [0.05, 0.1) is 18.2 Å². The van der Waals surface area contributed by atoms with Crippen LogP contribution < -0.4 is 0 Å². The second-order valence-corrected chi connectivity index (χ2v) is 9.45. The second-order valence-electron chi connectivity index (χ2n) is 6.62. The van der Waals surface area contributed by atoms with E-state index in [0.717, 1.165) is 29.2 Å². The summed E-state index contributed by atoms with van der Waals surface area (Å²) in [7, 11) is 0. The van der Waals surface area contributed by atoms with E-state index in [2.05, 4.69) is 38.9 Å². The predicted molar refractivity (Wildman–Crippen MR) is 115 cm³/mol. The van der Waals surface area contributed by atoms with E-state index in [1.54, 1.807) is 46.4 Å². The van der Waals surface area contributed by atoms with Crippen molar-refractivity contribution in [2.45, 2.75) is 18.9 Å². The number of aromatic nitrogens is 2. The first-order valence-electron chi connectivity index (χ1n) is 9.03. The molecule has 0 fully saturated rings. The van der Waals surface area contributed by atoms with Crippen molar-refractivity contribution in [3.05, 3.63) is 79.9 Å². The van der Waals surface area contributed by atoms with Crippen molar-refractivity contribution in [2.75, 3.05) is 6.54 Å². The molecule has 0 saturated carbocycles. The van der Waals surface area contributed by atoms with E-state index >= 15 is 0 Å². The van der Waals surface area contributed by atoms with Crippen LogP contribution in [0.25, 0.3) is 10.6 Å². The molecule has 7 heteroatoms. The summed E-state index contributed by atoms with van der Waals surface area (Å²) in [6.07, 6.45) is 4.82. The number of amides is 1. The zero-order chi connectivity index (χ0) is 18.9. The first-order chi connectivity index (χ1) is 13.8. The Morgan fingerprint density at radius 2 is 2.11 bits per heavy atom. The normalized spacial score (nSPS) is 16.1. The highest BCUT2D eigenvalue weighted by Crippen LogP contribution is 2.39. The zero-order valence-corrected chi connectivity index (χ0v) is 17.4. The SMILES string of the molecule is O=C(Cc1csc(-c2cccnc2)n1)N1CCc2sccc2C1c1cccs1. The van der Waals surface area contributed by atoms with Crippen LogP contribution in [0.5, 0.6) is 0 Å².